The molecule has 0 fully saturated rings. The Morgan fingerprint density at radius 3 is 0.672 bits per heavy atom. The second-order valence-corrected chi connectivity index (χ2v) is 24.9. The zero-order chi connectivity index (χ0) is 45.4. The molecule has 61 heavy (non-hydrogen) atoms. The summed E-state index contributed by atoms with van der Waals surface area (Å²) in [7, 11) is -15.7. The van der Waals surface area contributed by atoms with Crippen LogP contribution in [0.25, 0.3) is 0 Å². The van der Waals surface area contributed by atoms with Crippen LogP contribution in [0, 0.1) is 0 Å². The van der Waals surface area contributed by atoms with Gasteiger partial charge in [0.2, 0.25) is 0 Å². The Bertz CT molecular complexity index is 1690. The molecule has 0 radical (unpaired) electrons. The molecule has 0 spiro atoms. The van der Waals surface area contributed by atoms with Gasteiger partial charge >= 0.3 is 172 Å². The molecule has 0 heterocycles. The summed E-state index contributed by atoms with van der Waals surface area (Å²) in [5.74, 6) is 2.13. The molecule has 11 N–H and O–H groups in total. The molecule has 0 amide bonds. The molecule has 0 aliphatic carbocycles. The molecule has 3 rings (SSSR count). The SMILES string of the molecule is CCC(C)c1ccccc1.CCC(C)c1ccccc1.CCC(C)c1ccccc1.CS(=O)(=O)O.CS(=O)(=O)O.CS(=O)(=O)O.O.O=S(=O)(O)O.O=[S](O)(=[Ba])OO.[Ba+2].[Ba+2].[OH-].[OH-]. The Kier molecular flexibility index (Phi) is 68.2. The van der Waals surface area contributed by atoms with E-state index in [2.05, 4.69) is 137 Å². The van der Waals surface area contributed by atoms with Crippen LogP contribution >= 0.6 is 0 Å². The third kappa shape index (κ3) is 101. The summed E-state index contributed by atoms with van der Waals surface area (Å²) in [6, 6.07) is 31.9. The fraction of sp³-hybridized carbons (Fsp3) is 0.455. The van der Waals surface area contributed by atoms with Crippen LogP contribution in [0.5, 0.6) is 0 Å². The van der Waals surface area contributed by atoms with Crippen molar-refractivity contribution in [1.82, 2.24) is 0 Å². The van der Waals surface area contributed by atoms with Crippen molar-refractivity contribution in [2.24, 2.45) is 0 Å². The first-order valence-electron chi connectivity index (χ1n) is 16.1. The largest absolute Gasteiger partial charge is 2.00 e. The normalized spacial score (nSPS) is 12.2. The van der Waals surface area contributed by atoms with Gasteiger partial charge in [-0.3, -0.25) is 22.8 Å². The predicted molar refractivity (Wildman–Crippen MR) is 241 cm³/mol. The molecular weight excluding hydrogens is 1290 g/mol. The molecule has 348 valence electrons. The Hall–Kier alpha value is 1.88. The van der Waals surface area contributed by atoms with E-state index in [0.29, 0.717) is 36.5 Å². The first kappa shape index (κ1) is 86.1. The summed E-state index contributed by atoms with van der Waals surface area (Å²) >= 11 is -0.426. The third-order valence-corrected chi connectivity index (χ3v) is 7.29. The van der Waals surface area contributed by atoms with Gasteiger partial charge in [0.15, 0.2) is 0 Å². The van der Waals surface area contributed by atoms with Gasteiger partial charge in [-0.1, -0.05) is 133 Å². The van der Waals surface area contributed by atoms with Crippen LogP contribution in [0.15, 0.2) is 91.0 Å². The van der Waals surface area contributed by atoms with E-state index in [-0.39, 0.29) is 114 Å². The van der Waals surface area contributed by atoms with Crippen molar-refractivity contribution >= 4 is 184 Å². The molecule has 28 heteroatoms. The fourth-order valence-electron chi connectivity index (χ4n) is 3.05. The first-order valence-corrected chi connectivity index (χ1v) is 30.1. The quantitative estimate of drug-likeness (QED) is 0.0726. The van der Waals surface area contributed by atoms with Gasteiger partial charge in [0.25, 0.3) is 30.4 Å². The van der Waals surface area contributed by atoms with Crippen molar-refractivity contribution in [3.63, 3.8) is 0 Å². The van der Waals surface area contributed by atoms with Crippen molar-refractivity contribution < 1.29 is 91.2 Å². The van der Waals surface area contributed by atoms with Crippen molar-refractivity contribution in [3.05, 3.63) is 108 Å². The molecular formula is C33H62Ba3O20S5+2. The van der Waals surface area contributed by atoms with Gasteiger partial charge in [-0.2, -0.15) is 33.7 Å². The summed E-state index contributed by atoms with van der Waals surface area (Å²) in [4.78, 5) is 0. The summed E-state index contributed by atoms with van der Waals surface area (Å²) < 4.78 is 127. The predicted octanol–water partition coefficient (Wildman–Crippen LogP) is 4.75. The number of hydrogen-bond acceptors (Lipinski definition) is 13. The van der Waals surface area contributed by atoms with Gasteiger partial charge in [0, 0.05) is 0 Å². The Balaban J connectivity index is -0.0000000615. The smallest absolute Gasteiger partial charge is 0.870 e. The molecule has 3 aromatic carbocycles. The maximum Gasteiger partial charge on any atom is 2.00 e. The Morgan fingerprint density at radius 1 is 0.475 bits per heavy atom. The second kappa shape index (κ2) is 48.3. The molecule has 0 saturated carbocycles. The van der Waals surface area contributed by atoms with Gasteiger partial charge in [-0.15, -0.1) is 0 Å². The summed E-state index contributed by atoms with van der Waals surface area (Å²) in [6.07, 6.45) is 5.82. The van der Waals surface area contributed by atoms with E-state index in [1.165, 1.54) is 36.0 Å². The van der Waals surface area contributed by atoms with E-state index in [1.807, 2.05) is 0 Å². The molecule has 0 bridgehead atoms. The molecule has 20 nitrogen and oxygen atoms in total. The van der Waals surface area contributed by atoms with Crippen LogP contribution in [-0.4, -0.2) is 247 Å². The van der Waals surface area contributed by atoms with Crippen LogP contribution in [0.1, 0.15) is 95.2 Å². The fourth-order valence-corrected chi connectivity index (χ4v) is 3.05. The maximum atomic E-state index is 9.73. The van der Waals surface area contributed by atoms with E-state index in [9.17, 15) is 29.5 Å². The van der Waals surface area contributed by atoms with Crippen LogP contribution in [0.4, 0.5) is 0 Å². The summed E-state index contributed by atoms with van der Waals surface area (Å²) in [5.41, 5.74) is 4.35. The van der Waals surface area contributed by atoms with Crippen molar-refractivity contribution in [2.75, 3.05) is 18.8 Å². The van der Waals surface area contributed by atoms with E-state index in [0.717, 1.165) is 0 Å². The standard InChI is InChI=1S/3C10H14.3CH4O3S.3Ba.2H2O4S.3H2O/c3*1-3-9(2)10-7-5-4-6-8-10;3*1-5(2,3)4;;;;1-5(2,3)4;1-4-5(2)3;;;/h3*4-9H,3H2,1-2H3;3*1H3,(H,2,3,4);;;;(H2,1,2,3,4);1H,(H,2,3);3*1H2/q;;;;;;;2*+2;;;;;/p-2. The van der Waals surface area contributed by atoms with E-state index >= 15 is 0 Å². The van der Waals surface area contributed by atoms with Gasteiger partial charge in [-0.05, 0) is 53.7 Å². The molecule has 4 atom stereocenters. The molecule has 0 aliphatic rings. The molecule has 0 aromatic heterocycles. The Labute approximate surface area is 472 Å². The average Bonchev–Trinajstić information content (AvgIpc) is 3.06. The number of benzene rings is 3. The average molecular weight is 1350 g/mol. The first-order chi connectivity index (χ1) is 25.1. The van der Waals surface area contributed by atoms with Crippen LogP contribution in [0.3, 0.4) is 0 Å². The maximum absolute atomic E-state index is 9.73. The zero-order valence-electron chi connectivity index (χ0n) is 35.8. The second-order valence-electron chi connectivity index (χ2n) is 11.5. The minimum Gasteiger partial charge on any atom is -0.870 e. The van der Waals surface area contributed by atoms with Crippen LogP contribution in [-0.2, 0) is 47.3 Å². The summed E-state index contributed by atoms with van der Waals surface area (Å²) in [5, 5.41) is 7.43. The van der Waals surface area contributed by atoms with Gasteiger partial charge in [0.1, 0.15) is 0 Å². The molecule has 0 aliphatic heterocycles. The van der Waals surface area contributed by atoms with Crippen LogP contribution < -0.4 is 0 Å². The Morgan fingerprint density at radius 2 is 0.590 bits per heavy atom. The molecule has 3 aromatic rings. The molecule has 0 saturated heterocycles. The van der Waals surface area contributed by atoms with Gasteiger partial charge < -0.3 is 16.4 Å². The topological polar surface area (TPSA) is 396 Å². The van der Waals surface area contributed by atoms with Gasteiger partial charge in [-0.25, -0.2) is 0 Å². The van der Waals surface area contributed by atoms with Crippen molar-refractivity contribution in [3.8, 4) is 0 Å². The minimum atomic E-state index is -4.67. The minimum absolute atomic E-state index is 0. The van der Waals surface area contributed by atoms with E-state index < -0.39 is 86.7 Å². The van der Waals surface area contributed by atoms with Crippen molar-refractivity contribution in [2.45, 2.75) is 78.6 Å². The number of rotatable bonds is 7. The zero-order valence-corrected chi connectivity index (χ0v) is 53.2. The van der Waals surface area contributed by atoms with Crippen LogP contribution in [0.2, 0.25) is 0 Å². The van der Waals surface area contributed by atoms with E-state index in [1.54, 1.807) is 0 Å². The van der Waals surface area contributed by atoms with Gasteiger partial charge in [0.05, 0.1) is 18.8 Å². The third-order valence-electron chi connectivity index (χ3n) is 6.06. The molecule has 4 unspecified atom stereocenters. The monoisotopic (exact) mass is 1350 g/mol. The number of hydrogen-bond donors (Lipinski definition) is 7. The summed E-state index contributed by atoms with van der Waals surface area (Å²) in [6.45, 7) is 13.4. The van der Waals surface area contributed by atoms with Crippen molar-refractivity contribution in [1.29, 1.82) is 0 Å². The van der Waals surface area contributed by atoms with E-state index in [4.69, 9.17) is 41.0 Å².